The van der Waals surface area contributed by atoms with Crippen LogP contribution in [-0.4, -0.2) is 31.3 Å². The molecule has 2 rings (SSSR count). The standard InChI is InChI=1S/C7H4Cl3NO3.C7H5ClO.C4H12N2.ClH/c8-6(12)4-2-1-3-7(9,10)5(4)11(13)14;8-7(9)6-4-2-1-3-5-6;1-4(2,3)6-5;/h1-3,5H;1-5H;6H,5H2,1-3H3;1H. The molecule has 1 aliphatic rings. The van der Waals surface area contributed by atoms with Gasteiger partial charge in [0.1, 0.15) is 0 Å². The highest BCUT2D eigenvalue weighted by atomic mass is 35.5. The van der Waals surface area contributed by atoms with E-state index in [9.17, 15) is 19.7 Å². The second-order valence-electron chi connectivity index (χ2n) is 6.65. The fraction of sp³-hybridized carbons (Fsp3) is 0.333. The molecule has 0 aliphatic heterocycles. The van der Waals surface area contributed by atoms with Crippen LogP contribution < -0.4 is 11.3 Å². The highest BCUT2D eigenvalue weighted by molar-refractivity contribution is 6.68. The van der Waals surface area contributed by atoms with Gasteiger partial charge in [-0.25, -0.2) is 0 Å². The molecule has 1 unspecified atom stereocenters. The first-order valence-electron chi connectivity index (χ1n) is 8.06. The van der Waals surface area contributed by atoms with Gasteiger partial charge in [-0.3, -0.25) is 31.0 Å². The van der Waals surface area contributed by atoms with Crippen molar-refractivity contribution in [2.75, 3.05) is 0 Å². The lowest BCUT2D eigenvalue weighted by Gasteiger charge is -2.22. The molecule has 12 heteroatoms. The molecule has 1 aromatic carbocycles. The van der Waals surface area contributed by atoms with Crippen molar-refractivity contribution in [1.29, 1.82) is 0 Å². The molecule has 0 amide bonds. The summed E-state index contributed by atoms with van der Waals surface area (Å²) < 4.78 is -1.74. The Balaban J connectivity index is 0. The quantitative estimate of drug-likeness (QED) is 0.194. The van der Waals surface area contributed by atoms with Gasteiger partial charge in [-0.05, 0) is 56.1 Å². The van der Waals surface area contributed by atoms with E-state index in [4.69, 9.17) is 52.2 Å². The number of carbonyl (C=O) groups is 2. The maximum atomic E-state index is 10.8. The van der Waals surface area contributed by atoms with Crippen molar-refractivity contribution in [2.24, 2.45) is 5.84 Å². The van der Waals surface area contributed by atoms with E-state index in [1.165, 1.54) is 18.2 Å². The van der Waals surface area contributed by atoms with Crippen molar-refractivity contribution in [2.45, 2.75) is 36.7 Å². The summed E-state index contributed by atoms with van der Waals surface area (Å²) in [5, 5.41) is 9.30. The van der Waals surface area contributed by atoms with Crippen molar-refractivity contribution in [1.82, 2.24) is 5.43 Å². The highest BCUT2D eigenvalue weighted by Gasteiger charge is 2.48. The van der Waals surface area contributed by atoms with E-state index in [2.05, 4.69) is 5.43 Å². The molecule has 0 radical (unpaired) electrons. The average Bonchev–Trinajstić information content (AvgIpc) is 2.61. The zero-order chi connectivity index (χ0) is 22.8. The summed E-state index contributed by atoms with van der Waals surface area (Å²) in [4.78, 5) is 31.1. The third-order valence-electron chi connectivity index (χ3n) is 3.12. The van der Waals surface area contributed by atoms with Crippen LogP contribution in [0.4, 0.5) is 0 Å². The second-order valence-corrected chi connectivity index (χ2v) is 8.78. The van der Waals surface area contributed by atoms with E-state index in [0.29, 0.717) is 5.56 Å². The van der Waals surface area contributed by atoms with Crippen molar-refractivity contribution in [3.05, 3.63) is 69.8 Å². The monoisotopic (exact) mass is 519 g/mol. The van der Waals surface area contributed by atoms with Crippen LogP contribution in [0.15, 0.2) is 54.1 Å². The third-order valence-corrected chi connectivity index (χ3v) is 4.23. The summed E-state index contributed by atoms with van der Waals surface area (Å²) in [6, 6.07) is 7.21. The minimum absolute atomic E-state index is 0. The van der Waals surface area contributed by atoms with Crippen molar-refractivity contribution in [3.63, 3.8) is 0 Å². The van der Waals surface area contributed by atoms with Gasteiger partial charge in [0.05, 0.1) is 5.57 Å². The summed E-state index contributed by atoms with van der Waals surface area (Å²) in [7, 11) is 0. The van der Waals surface area contributed by atoms with Gasteiger partial charge in [-0.1, -0.05) is 59.6 Å². The number of carbonyl (C=O) groups excluding carboxylic acids is 2. The number of nitro groups is 1. The van der Waals surface area contributed by atoms with Gasteiger partial charge in [-0.2, -0.15) is 0 Å². The maximum Gasteiger partial charge on any atom is 0.278 e. The van der Waals surface area contributed by atoms with Gasteiger partial charge >= 0.3 is 0 Å². The van der Waals surface area contributed by atoms with Crippen LogP contribution in [0.5, 0.6) is 0 Å². The first kappa shape index (κ1) is 31.0. The number of rotatable bonds is 3. The van der Waals surface area contributed by atoms with Crippen LogP contribution in [0.3, 0.4) is 0 Å². The number of nitrogens with two attached hydrogens (primary N) is 1. The summed E-state index contributed by atoms with van der Waals surface area (Å²) in [5.74, 6) is 5.06. The topological polar surface area (TPSA) is 115 Å². The number of alkyl halides is 2. The number of benzene rings is 1. The Morgan fingerprint density at radius 3 is 1.87 bits per heavy atom. The molecule has 30 heavy (non-hydrogen) atoms. The average molecular weight is 522 g/mol. The van der Waals surface area contributed by atoms with Gasteiger partial charge < -0.3 is 0 Å². The number of halogens is 5. The molecule has 1 aromatic rings. The predicted octanol–water partition coefficient (Wildman–Crippen LogP) is 4.80. The van der Waals surface area contributed by atoms with E-state index in [1.54, 1.807) is 24.3 Å². The van der Waals surface area contributed by atoms with Crippen molar-refractivity contribution in [3.8, 4) is 0 Å². The molecule has 0 saturated carbocycles. The minimum Gasteiger partial charge on any atom is -0.276 e. The molecule has 168 valence electrons. The van der Waals surface area contributed by atoms with Crippen molar-refractivity contribution < 1.29 is 14.5 Å². The minimum atomic E-state index is -1.74. The van der Waals surface area contributed by atoms with Gasteiger partial charge in [0.2, 0.25) is 4.33 Å². The zero-order valence-corrected chi connectivity index (χ0v) is 20.1. The van der Waals surface area contributed by atoms with Gasteiger partial charge in [-0.15, -0.1) is 12.4 Å². The molecule has 1 aliphatic carbocycles. The normalized spacial score (nSPS) is 16.4. The Labute approximate surface area is 201 Å². The van der Waals surface area contributed by atoms with Crippen LogP contribution in [-0.2, 0) is 4.79 Å². The smallest absolute Gasteiger partial charge is 0.276 e. The highest BCUT2D eigenvalue weighted by Crippen LogP contribution is 2.36. The molecule has 0 fully saturated rings. The lowest BCUT2D eigenvalue weighted by Crippen LogP contribution is -2.41. The lowest BCUT2D eigenvalue weighted by molar-refractivity contribution is -0.511. The maximum absolute atomic E-state index is 10.8. The van der Waals surface area contributed by atoms with Gasteiger partial charge in [0, 0.05) is 16.0 Å². The summed E-state index contributed by atoms with van der Waals surface area (Å²) >= 11 is 21.6. The Hall–Kier alpha value is -1.19. The number of allylic oxidation sites excluding steroid dienone is 2. The molecular formula is C18H22Cl5N3O4. The Bertz CT molecular complexity index is 778. The van der Waals surface area contributed by atoms with E-state index in [-0.39, 0.29) is 23.5 Å². The third kappa shape index (κ3) is 11.9. The van der Waals surface area contributed by atoms with E-state index >= 15 is 0 Å². The fourth-order valence-corrected chi connectivity index (χ4v) is 2.50. The predicted molar refractivity (Wildman–Crippen MR) is 124 cm³/mol. The van der Waals surface area contributed by atoms with Crippen LogP contribution in [0.25, 0.3) is 0 Å². The van der Waals surface area contributed by atoms with Gasteiger partial charge in [0.15, 0.2) is 0 Å². The fourth-order valence-electron chi connectivity index (χ4n) is 1.67. The lowest BCUT2D eigenvalue weighted by atomic mass is 9.99. The molecule has 0 heterocycles. The number of nitrogens with one attached hydrogen (secondary N) is 1. The molecule has 1 atom stereocenters. The SMILES string of the molecule is CC(C)(C)NN.Cl.O=C(Cl)C1=CC=CC(Cl)(Cl)C1[N+](=O)[O-].O=C(Cl)c1ccccc1. The van der Waals surface area contributed by atoms with E-state index in [1.807, 2.05) is 26.8 Å². The van der Waals surface area contributed by atoms with E-state index in [0.717, 1.165) is 0 Å². The van der Waals surface area contributed by atoms with Crippen molar-refractivity contribution >= 4 is 69.3 Å². The van der Waals surface area contributed by atoms with E-state index < -0.39 is 25.8 Å². The molecule has 0 spiro atoms. The molecular weight excluding hydrogens is 499 g/mol. The first-order chi connectivity index (χ1) is 13.2. The first-order valence-corrected chi connectivity index (χ1v) is 9.57. The van der Waals surface area contributed by atoms with Crippen LogP contribution >= 0.6 is 58.8 Å². The largest absolute Gasteiger partial charge is 0.278 e. The number of hydrogen-bond acceptors (Lipinski definition) is 6. The molecule has 0 saturated heterocycles. The van der Waals surface area contributed by atoms with Crippen LogP contribution in [0, 0.1) is 10.1 Å². The Morgan fingerprint density at radius 1 is 1.13 bits per heavy atom. The number of nitrogens with zero attached hydrogens (tertiary/aromatic N) is 1. The number of hydrogen-bond donors (Lipinski definition) is 2. The molecule has 0 bridgehead atoms. The van der Waals surface area contributed by atoms with Crippen LogP contribution in [0.1, 0.15) is 31.1 Å². The molecule has 3 N–H and O–H groups in total. The number of hydrazine groups is 1. The molecule has 7 nitrogen and oxygen atoms in total. The Morgan fingerprint density at radius 2 is 1.60 bits per heavy atom. The van der Waals surface area contributed by atoms with Gasteiger partial charge in [0.25, 0.3) is 16.5 Å². The summed E-state index contributed by atoms with van der Waals surface area (Å²) in [6.07, 6.45) is 3.81. The Kier molecular flexibility index (Phi) is 14.4. The second kappa shape index (κ2) is 14.0. The molecule has 0 aromatic heterocycles. The summed E-state index contributed by atoms with van der Waals surface area (Å²) in [6.45, 7) is 6.02. The zero-order valence-electron chi connectivity index (χ0n) is 16.3. The van der Waals surface area contributed by atoms with Crippen LogP contribution in [0.2, 0.25) is 0 Å². The summed E-state index contributed by atoms with van der Waals surface area (Å²) in [5.41, 5.74) is 3.00.